The number of aryl methyl sites for hydroxylation is 2. The fourth-order valence-electron chi connectivity index (χ4n) is 1.86. The number of pyridine rings is 1. The summed E-state index contributed by atoms with van der Waals surface area (Å²) in [4.78, 5) is 19.8. The van der Waals surface area contributed by atoms with E-state index in [0.717, 1.165) is 16.9 Å². The first-order chi connectivity index (χ1) is 8.49. The van der Waals surface area contributed by atoms with Gasteiger partial charge in [0.1, 0.15) is 11.3 Å². The lowest BCUT2D eigenvalue weighted by atomic mass is 10.3. The van der Waals surface area contributed by atoms with E-state index in [2.05, 4.69) is 9.97 Å². The molecule has 0 aromatic carbocycles. The van der Waals surface area contributed by atoms with Crippen LogP contribution in [0.25, 0.3) is 11.2 Å². The summed E-state index contributed by atoms with van der Waals surface area (Å²) >= 11 is 6.11. The summed E-state index contributed by atoms with van der Waals surface area (Å²) in [6.07, 6.45) is 0.248. The monoisotopic (exact) mass is 266 g/mol. The average molecular weight is 267 g/mol. The van der Waals surface area contributed by atoms with Gasteiger partial charge in [0, 0.05) is 18.7 Å². The molecule has 2 heterocycles. The molecule has 2 aromatic rings. The van der Waals surface area contributed by atoms with Crippen LogP contribution in [-0.4, -0.2) is 20.4 Å². The summed E-state index contributed by atoms with van der Waals surface area (Å²) < 4.78 is 1.87. The largest absolute Gasteiger partial charge is 0.370 e. The van der Waals surface area contributed by atoms with Crippen LogP contribution in [0.15, 0.2) is 12.1 Å². The van der Waals surface area contributed by atoms with E-state index in [-0.39, 0.29) is 17.7 Å². The zero-order valence-electron chi connectivity index (χ0n) is 10.4. The molecule has 0 saturated heterocycles. The number of amides is 1. The number of fused-ring (bicyclic) bond motifs is 1. The van der Waals surface area contributed by atoms with Crippen LogP contribution in [0.4, 0.5) is 0 Å². The fourth-order valence-corrected chi connectivity index (χ4v) is 2.03. The number of imidazole rings is 1. The van der Waals surface area contributed by atoms with Crippen molar-refractivity contribution in [1.29, 1.82) is 0 Å². The van der Waals surface area contributed by atoms with Crippen molar-refractivity contribution >= 4 is 28.7 Å². The van der Waals surface area contributed by atoms with Crippen molar-refractivity contribution < 1.29 is 4.79 Å². The number of nitrogens with zero attached hydrogens (tertiary/aromatic N) is 3. The Hall–Kier alpha value is -1.62. The Morgan fingerprint density at radius 1 is 1.50 bits per heavy atom. The highest BCUT2D eigenvalue weighted by Crippen LogP contribution is 2.23. The molecule has 2 aromatic heterocycles. The lowest BCUT2D eigenvalue weighted by molar-refractivity contribution is -0.118. The van der Waals surface area contributed by atoms with Gasteiger partial charge in [0.2, 0.25) is 5.91 Å². The van der Waals surface area contributed by atoms with E-state index >= 15 is 0 Å². The number of aromatic nitrogens is 3. The van der Waals surface area contributed by atoms with Crippen LogP contribution in [0, 0.1) is 6.92 Å². The quantitative estimate of drug-likeness (QED) is 0.859. The smallest absolute Gasteiger partial charge is 0.219 e. The summed E-state index contributed by atoms with van der Waals surface area (Å²) in [7, 11) is 0. The Balaban J connectivity index is 2.53. The summed E-state index contributed by atoms with van der Waals surface area (Å²) in [5.74, 6) is 0.365. The SMILES string of the molecule is Cc1ccc2nc(C(C)Cl)n(CCC(N)=O)c2n1. The number of hydrogen-bond donors (Lipinski definition) is 1. The standard InChI is InChI=1S/C12H15ClN4O/c1-7-3-4-9-12(15-7)17(6-5-10(14)18)11(16-9)8(2)13/h3-4,8H,5-6H2,1-2H3,(H2,14,18). The number of rotatable bonds is 4. The van der Waals surface area contributed by atoms with Gasteiger partial charge in [-0.05, 0) is 26.0 Å². The number of primary amides is 1. The van der Waals surface area contributed by atoms with Gasteiger partial charge in [0.25, 0.3) is 0 Å². The van der Waals surface area contributed by atoms with Gasteiger partial charge in [-0.25, -0.2) is 9.97 Å². The van der Waals surface area contributed by atoms with E-state index in [1.165, 1.54) is 0 Å². The van der Waals surface area contributed by atoms with E-state index in [0.29, 0.717) is 12.4 Å². The molecular formula is C12H15ClN4O. The maximum absolute atomic E-state index is 10.9. The predicted molar refractivity (Wildman–Crippen MR) is 70.3 cm³/mol. The van der Waals surface area contributed by atoms with E-state index in [4.69, 9.17) is 17.3 Å². The van der Waals surface area contributed by atoms with Crippen molar-refractivity contribution in [2.45, 2.75) is 32.2 Å². The lowest BCUT2D eigenvalue weighted by Crippen LogP contribution is -2.15. The number of alkyl halides is 1. The highest BCUT2D eigenvalue weighted by Gasteiger charge is 2.16. The van der Waals surface area contributed by atoms with Gasteiger partial charge >= 0.3 is 0 Å². The number of carbonyl (C=O) groups is 1. The number of halogens is 1. The third-order valence-electron chi connectivity index (χ3n) is 2.70. The van der Waals surface area contributed by atoms with Crippen LogP contribution in [0.3, 0.4) is 0 Å². The first-order valence-corrected chi connectivity index (χ1v) is 6.19. The van der Waals surface area contributed by atoms with E-state index in [1.807, 2.05) is 30.5 Å². The first-order valence-electron chi connectivity index (χ1n) is 5.75. The molecule has 0 aliphatic carbocycles. The van der Waals surface area contributed by atoms with Crippen LogP contribution in [-0.2, 0) is 11.3 Å². The van der Waals surface area contributed by atoms with Crippen molar-refractivity contribution in [2.24, 2.45) is 5.73 Å². The van der Waals surface area contributed by atoms with E-state index in [1.54, 1.807) is 0 Å². The van der Waals surface area contributed by atoms with Gasteiger partial charge in [-0.2, -0.15) is 0 Å². The highest BCUT2D eigenvalue weighted by molar-refractivity contribution is 6.20. The fraction of sp³-hybridized carbons (Fsp3) is 0.417. The summed E-state index contributed by atoms with van der Waals surface area (Å²) in [6, 6.07) is 3.80. The second-order valence-electron chi connectivity index (χ2n) is 4.25. The topological polar surface area (TPSA) is 73.8 Å². The molecule has 2 N–H and O–H groups in total. The Labute approximate surface area is 110 Å². The van der Waals surface area contributed by atoms with Crippen LogP contribution in [0.5, 0.6) is 0 Å². The minimum absolute atomic E-state index is 0.243. The van der Waals surface area contributed by atoms with Crippen LogP contribution >= 0.6 is 11.6 Å². The molecule has 0 aliphatic heterocycles. The number of nitrogens with two attached hydrogens (primary N) is 1. The second kappa shape index (κ2) is 4.94. The predicted octanol–water partition coefficient (Wildman–Crippen LogP) is 1.91. The van der Waals surface area contributed by atoms with Crippen LogP contribution in [0.1, 0.15) is 30.2 Å². The lowest BCUT2D eigenvalue weighted by Gasteiger charge is -2.08. The minimum Gasteiger partial charge on any atom is -0.370 e. The Morgan fingerprint density at radius 2 is 2.22 bits per heavy atom. The summed E-state index contributed by atoms with van der Waals surface area (Å²) in [5, 5.41) is -0.243. The molecule has 1 atom stereocenters. The van der Waals surface area contributed by atoms with Gasteiger partial charge in [-0.1, -0.05) is 0 Å². The Bertz CT molecular complexity index is 591. The molecule has 0 bridgehead atoms. The van der Waals surface area contributed by atoms with Crippen LogP contribution < -0.4 is 5.73 Å². The van der Waals surface area contributed by atoms with Crippen molar-refractivity contribution in [3.8, 4) is 0 Å². The molecule has 2 rings (SSSR count). The zero-order valence-corrected chi connectivity index (χ0v) is 11.1. The Morgan fingerprint density at radius 3 is 2.83 bits per heavy atom. The third kappa shape index (κ3) is 2.46. The van der Waals surface area contributed by atoms with Crippen LogP contribution in [0.2, 0.25) is 0 Å². The van der Waals surface area contributed by atoms with Gasteiger partial charge in [0.05, 0.1) is 5.38 Å². The van der Waals surface area contributed by atoms with Crippen molar-refractivity contribution in [3.05, 3.63) is 23.7 Å². The van der Waals surface area contributed by atoms with Gasteiger partial charge in [-0.3, -0.25) is 4.79 Å². The summed E-state index contributed by atoms with van der Waals surface area (Å²) in [5.41, 5.74) is 7.62. The first kappa shape index (κ1) is 12.8. The number of hydrogen-bond acceptors (Lipinski definition) is 3. The van der Waals surface area contributed by atoms with Gasteiger partial charge < -0.3 is 10.3 Å². The molecule has 18 heavy (non-hydrogen) atoms. The van der Waals surface area contributed by atoms with Crippen molar-refractivity contribution in [3.63, 3.8) is 0 Å². The normalized spacial score (nSPS) is 12.8. The highest BCUT2D eigenvalue weighted by atomic mass is 35.5. The number of carbonyl (C=O) groups excluding carboxylic acids is 1. The van der Waals surface area contributed by atoms with E-state index in [9.17, 15) is 4.79 Å². The van der Waals surface area contributed by atoms with Crippen molar-refractivity contribution in [1.82, 2.24) is 14.5 Å². The molecule has 6 heteroatoms. The second-order valence-corrected chi connectivity index (χ2v) is 4.90. The Kier molecular flexibility index (Phi) is 3.52. The maximum atomic E-state index is 10.9. The minimum atomic E-state index is -0.349. The molecule has 0 fully saturated rings. The van der Waals surface area contributed by atoms with Gasteiger partial charge in [-0.15, -0.1) is 11.6 Å². The molecule has 1 unspecified atom stereocenters. The molecule has 5 nitrogen and oxygen atoms in total. The summed E-state index contributed by atoms with van der Waals surface area (Å²) in [6.45, 7) is 4.21. The van der Waals surface area contributed by atoms with Gasteiger partial charge in [0.15, 0.2) is 5.65 Å². The molecule has 96 valence electrons. The van der Waals surface area contributed by atoms with E-state index < -0.39 is 0 Å². The average Bonchev–Trinajstić information content (AvgIpc) is 2.64. The molecule has 0 radical (unpaired) electrons. The molecule has 0 spiro atoms. The molecular weight excluding hydrogens is 252 g/mol. The molecule has 0 saturated carbocycles. The molecule has 0 aliphatic rings. The third-order valence-corrected chi connectivity index (χ3v) is 2.89. The van der Waals surface area contributed by atoms with Crippen molar-refractivity contribution in [2.75, 3.05) is 0 Å². The zero-order chi connectivity index (χ0) is 13.3. The molecule has 1 amide bonds. The maximum Gasteiger partial charge on any atom is 0.219 e.